The highest BCUT2D eigenvalue weighted by atomic mass is 16.5. The van der Waals surface area contributed by atoms with E-state index in [1.807, 2.05) is 24.5 Å². The summed E-state index contributed by atoms with van der Waals surface area (Å²) in [6.07, 6.45) is 10.2. The lowest BCUT2D eigenvalue weighted by molar-refractivity contribution is -0.132. The molecule has 1 amide bonds. The maximum Gasteiger partial charge on any atom is 0.226 e. The molecular weight excluding hydrogens is 276 g/mol. The summed E-state index contributed by atoms with van der Waals surface area (Å²) in [7, 11) is 0. The van der Waals surface area contributed by atoms with E-state index in [0.717, 1.165) is 25.9 Å². The molecule has 1 saturated heterocycles. The fourth-order valence-corrected chi connectivity index (χ4v) is 3.68. The summed E-state index contributed by atoms with van der Waals surface area (Å²) in [4.78, 5) is 16.8. The zero-order chi connectivity index (χ0) is 15.4. The number of amides is 1. The van der Waals surface area contributed by atoms with E-state index in [-0.39, 0.29) is 17.4 Å². The van der Waals surface area contributed by atoms with Crippen LogP contribution in [-0.4, -0.2) is 30.1 Å². The van der Waals surface area contributed by atoms with Crippen LogP contribution in [0.1, 0.15) is 44.6 Å². The van der Waals surface area contributed by atoms with Crippen molar-refractivity contribution in [3.63, 3.8) is 0 Å². The van der Waals surface area contributed by atoms with Crippen molar-refractivity contribution in [1.29, 1.82) is 0 Å². The van der Waals surface area contributed by atoms with Crippen LogP contribution >= 0.6 is 0 Å². The summed E-state index contributed by atoms with van der Waals surface area (Å²) in [5.74, 6) is 0.584. The Morgan fingerprint density at radius 2 is 2.00 bits per heavy atom. The average Bonchev–Trinajstić information content (AvgIpc) is 2.96. The van der Waals surface area contributed by atoms with Gasteiger partial charge in [-0.05, 0) is 37.0 Å². The quantitative estimate of drug-likeness (QED) is 0.930. The monoisotopic (exact) mass is 302 g/mol. The average molecular weight is 302 g/mol. The molecule has 1 aliphatic heterocycles. The van der Waals surface area contributed by atoms with E-state index in [1.54, 1.807) is 0 Å². The van der Waals surface area contributed by atoms with Crippen molar-refractivity contribution in [2.75, 3.05) is 13.2 Å². The van der Waals surface area contributed by atoms with E-state index in [2.05, 4.69) is 17.2 Å². The van der Waals surface area contributed by atoms with Crippen LogP contribution in [0.3, 0.4) is 0 Å². The van der Waals surface area contributed by atoms with Crippen LogP contribution in [0.4, 0.5) is 0 Å². The molecule has 0 aromatic carbocycles. The van der Waals surface area contributed by atoms with Crippen molar-refractivity contribution in [2.24, 2.45) is 11.3 Å². The number of carbonyl (C=O) groups is 1. The first kappa shape index (κ1) is 15.5. The molecule has 0 spiro atoms. The Morgan fingerprint density at radius 3 is 2.73 bits per heavy atom. The summed E-state index contributed by atoms with van der Waals surface area (Å²) in [6.45, 7) is 3.48. The maximum absolute atomic E-state index is 12.7. The molecule has 2 atom stereocenters. The summed E-state index contributed by atoms with van der Waals surface area (Å²) >= 11 is 0. The lowest BCUT2D eigenvalue weighted by Crippen LogP contribution is -2.48. The zero-order valence-electron chi connectivity index (χ0n) is 13.4. The molecule has 3 rings (SSSR count). The SMILES string of the molecule is CC1(C(=O)N[C@H]2COC[C@H]2Cc2ccncc2)CCCCC1. The van der Waals surface area contributed by atoms with E-state index < -0.39 is 0 Å². The number of hydrogen-bond donors (Lipinski definition) is 1. The van der Waals surface area contributed by atoms with Gasteiger partial charge in [0.2, 0.25) is 5.91 Å². The lowest BCUT2D eigenvalue weighted by Gasteiger charge is -2.33. The number of nitrogens with zero attached hydrogens (tertiary/aromatic N) is 1. The second-order valence-corrected chi connectivity index (χ2v) is 7.06. The molecule has 0 bridgehead atoms. The predicted molar refractivity (Wildman–Crippen MR) is 85.4 cm³/mol. The number of hydrogen-bond acceptors (Lipinski definition) is 3. The van der Waals surface area contributed by atoms with Crippen LogP contribution in [0.2, 0.25) is 0 Å². The van der Waals surface area contributed by atoms with Gasteiger partial charge in [-0.2, -0.15) is 0 Å². The van der Waals surface area contributed by atoms with Crippen LogP contribution in [0.5, 0.6) is 0 Å². The van der Waals surface area contributed by atoms with E-state index >= 15 is 0 Å². The van der Waals surface area contributed by atoms with Gasteiger partial charge < -0.3 is 10.1 Å². The summed E-state index contributed by atoms with van der Waals surface area (Å²) in [5.41, 5.74) is 1.08. The first-order chi connectivity index (χ1) is 10.7. The molecule has 1 N–H and O–H groups in total. The van der Waals surface area contributed by atoms with Gasteiger partial charge in [-0.25, -0.2) is 0 Å². The molecule has 1 aromatic heterocycles. The molecule has 0 unspecified atom stereocenters. The van der Waals surface area contributed by atoms with Gasteiger partial charge in [0.15, 0.2) is 0 Å². The Kier molecular flexibility index (Phi) is 4.77. The second-order valence-electron chi connectivity index (χ2n) is 7.06. The summed E-state index contributed by atoms with van der Waals surface area (Å²) in [5, 5.41) is 3.28. The molecule has 4 heteroatoms. The Balaban J connectivity index is 1.60. The molecule has 1 aromatic rings. The molecular formula is C18H26N2O2. The minimum atomic E-state index is -0.179. The zero-order valence-corrected chi connectivity index (χ0v) is 13.4. The Bertz CT molecular complexity index is 497. The first-order valence-electron chi connectivity index (χ1n) is 8.45. The van der Waals surface area contributed by atoms with Gasteiger partial charge in [-0.15, -0.1) is 0 Å². The first-order valence-corrected chi connectivity index (χ1v) is 8.45. The Hall–Kier alpha value is -1.42. The summed E-state index contributed by atoms with van der Waals surface area (Å²) < 4.78 is 5.63. The molecule has 2 aliphatic rings. The molecule has 2 fully saturated rings. The van der Waals surface area contributed by atoms with Gasteiger partial charge in [-0.1, -0.05) is 26.2 Å². The number of ether oxygens (including phenoxy) is 1. The number of aromatic nitrogens is 1. The molecule has 120 valence electrons. The Morgan fingerprint density at radius 1 is 1.27 bits per heavy atom. The highest BCUT2D eigenvalue weighted by Gasteiger charge is 2.38. The van der Waals surface area contributed by atoms with Gasteiger partial charge in [0.25, 0.3) is 0 Å². The topological polar surface area (TPSA) is 51.2 Å². The summed E-state index contributed by atoms with van der Waals surface area (Å²) in [6, 6.07) is 4.22. The third-order valence-corrected chi connectivity index (χ3v) is 5.27. The smallest absolute Gasteiger partial charge is 0.226 e. The highest BCUT2D eigenvalue weighted by Crippen LogP contribution is 2.36. The molecule has 1 saturated carbocycles. The number of pyridine rings is 1. The van der Waals surface area contributed by atoms with Crippen LogP contribution in [0, 0.1) is 11.3 Å². The van der Waals surface area contributed by atoms with E-state index in [9.17, 15) is 4.79 Å². The minimum Gasteiger partial charge on any atom is -0.379 e. The second kappa shape index (κ2) is 6.78. The number of carbonyl (C=O) groups excluding carboxylic acids is 1. The van der Waals surface area contributed by atoms with Crippen LogP contribution in [0.15, 0.2) is 24.5 Å². The molecule has 2 heterocycles. The normalized spacial score (nSPS) is 27.5. The van der Waals surface area contributed by atoms with Crippen molar-refractivity contribution in [3.8, 4) is 0 Å². The van der Waals surface area contributed by atoms with Crippen molar-refractivity contribution < 1.29 is 9.53 Å². The number of nitrogens with one attached hydrogen (secondary N) is 1. The number of rotatable bonds is 4. The van der Waals surface area contributed by atoms with Crippen molar-refractivity contribution >= 4 is 5.91 Å². The predicted octanol–water partition coefficient (Wildman–Crippen LogP) is 2.73. The van der Waals surface area contributed by atoms with Gasteiger partial charge in [0.1, 0.15) is 0 Å². The minimum absolute atomic E-state index is 0.138. The van der Waals surface area contributed by atoms with Crippen molar-refractivity contribution in [2.45, 2.75) is 51.5 Å². The molecule has 4 nitrogen and oxygen atoms in total. The van der Waals surface area contributed by atoms with Crippen LogP contribution < -0.4 is 5.32 Å². The van der Waals surface area contributed by atoms with Gasteiger partial charge in [-0.3, -0.25) is 9.78 Å². The van der Waals surface area contributed by atoms with E-state index in [1.165, 1.54) is 24.8 Å². The van der Waals surface area contributed by atoms with Crippen LogP contribution in [0.25, 0.3) is 0 Å². The third kappa shape index (κ3) is 3.49. The van der Waals surface area contributed by atoms with Gasteiger partial charge in [0.05, 0.1) is 19.3 Å². The largest absolute Gasteiger partial charge is 0.379 e. The maximum atomic E-state index is 12.7. The van der Waals surface area contributed by atoms with E-state index in [4.69, 9.17) is 4.74 Å². The fraction of sp³-hybridized carbons (Fsp3) is 0.667. The highest BCUT2D eigenvalue weighted by molar-refractivity contribution is 5.82. The lowest BCUT2D eigenvalue weighted by atomic mass is 9.75. The van der Waals surface area contributed by atoms with Crippen molar-refractivity contribution in [1.82, 2.24) is 10.3 Å². The van der Waals surface area contributed by atoms with Crippen molar-refractivity contribution in [3.05, 3.63) is 30.1 Å². The molecule has 0 radical (unpaired) electrons. The fourth-order valence-electron chi connectivity index (χ4n) is 3.68. The van der Waals surface area contributed by atoms with Gasteiger partial charge >= 0.3 is 0 Å². The third-order valence-electron chi connectivity index (χ3n) is 5.27. The van der Waals surface area contributed by atoms with Crippen LogP contribution in [-0.2, 0) is 16.0 Å². The Labute approximate surface area is 132 Å². The van der Waals surface area contributed by atoms with Gasteiger partial charge in [0, 0.05) is 23.7 Å². The van der Waals surface area contributed by atoms with E-state index in [0.29, 0.717) is 12.5 Å². The molecule has 22 heavy (non-hydrogen) atoms. The standard InChI is InChI=1S/C18H26N2O2/c1-18(7-3-2-4-8-18)17(21)20-16-13-22-12-15(16)11-14-5-9-19-10-6-14/h5-6,9-10,15-16H,2-4,7-8,11-13H2,1H3,(H,20,21)/t15-,16+/m1/s1. The molecule has 1 aliphatic carbocycles.